The van der Waals surface area contributed by atoms with Crippen molar-refractivity contribution in [3.05, 3.63) is 36.0 Å². The number of rotatable bonds is 4. The minimum Gasteiger partial charge on any atom is -0.394 e. The number of nitrogens with one attached hydrogen (secondary N) is 1. The zero-order chi connectivity index (χ0) is 14.9. The number of aliphatic hydroxyl groups is 1. The largest absolute Gasteiger partial charge is 0.394 e. The Labute approximate surface area is 124 Å². The summed E-state index contributed by atoms with van der Waals surface area (Å²) in [6.07, 6.45) is 5.58. The van der Waals surface area contributed by atoms with Crippen LogP contribution in [0, 0.1) is 0 Å². The van der Waals surface area contributed by atoms with Crippen LogP contribution in [0.1, 0.15) is 43.0 Å². The molecule has 1 saturated heterocycles. The van der Waals surface area contributed by atoms with Gasteiger partial charge in [-0.1, -0.05) is 19.4 Å². The highest BCUT2D eigenvalue weighted by Crippen LogP contribution is 2.34. The Morgan fingerprint density at radius 3 is 3.05 bits per heavy atom. The van der Waals surface area contributed by atoms with Crippen LogP contribution in [-0.4, -0.2) is 39.6 Å². The number of benzene rings is 1. The fraction of sp³-hybridized carbons (Fsp3) is 0.471. The Bertz CT molecular complexity index is 649. The lowest BCUT2D eigenvalue weighted by molar-refractivity contribution is 0.0377. The van der Waals surface area contributed by atoms with E-state index in [4.69, 9.17) is 0 Å². The molecule has 21 heavy (non-hydrogen) atoms. The van der Waals surface area contributed by atoms with Crippen molar-refractivity contribution in [2.45, 2.75) is 38.1 Å². The molecule has 1 aliphatic rings. The van der Waals surface area contributed by atoms with Crippen molar-refractivity contribution >= 4 is 16.8 Å². The molecule has 1 aliphatic heterocycles. The number of aromatic nitrogens is 1. The number of amides is 1. The summed E-state index contributed by atoms with van der Waals surface area (Å²) in [5.41, 5.74) is 1.31. The molecule has 1 amide bonds. The third kappa shape index (κ3) is 2.33. The maximum absolute atomic E-state index is 12.9. The predicted octanol–water partition coefficient (Wildman–Crippen LogP) is 2.94. The van der Waals surface area contributed by atoms with Crippen molar-refractivity contribution < 1.29 is 9.90 Å². The maximum atomic E-state index is 12.9. The van der Waals surface area contributed by atoms with E-state index in [9.17, 15) is 9.90 Å². The van der Waals surface area contributed by atoms with Crippen molar-refractivity contribution in [2.24, 2.45) is 0 Å². The van der Waals surface area contributed by atoms with Crippen LogP contribution in [0.3, 0.4) is 0 Å². The van der Waals surface area contributed by atoms with Gasteiger partial charge < -0.3 is 15.0 Å². The van der Waals surface area contributed by atoms with Gasteiger partial charge in [0.2, 0.25) is 0 Å². The Morgan fingerprint density at radius 2 is 2.29 bits per heavy atom. The highest BCUT2D eigenvalue weighted by Gasteiger charge is 2.42. The minimum atomic E-state index is -0.365. The zero-order valence-corrected chi connectivity index (χ0v) is 12.4. The van der Waals surface area contributed by atoms with Crippen LogP contribution in [0.4, 0.5) is 0 Å². The SMILES string of the molecule is CCCC1(CO)CCCN1C(=O)c1ccc2cc[nH]c2c1. The van der Waals surface area contributed by atoms with Crippen molar-refractivity contribution in [1.82, 2.24) is 9.88 Å². The van der Waals surface area contributed by atoms with Crippen LogP contribution < -0.4 is 0 Å². The van der Waals surface area contributed by atoms with Gasteiger partial charge in [-0.15, -0.1) is 0 Å². The number of likely N-dealkylation sites (tertiary alicyclic amines) is 1. The van der Waals surface area contributed by atoms with E-state index in [1.165, 1.54) is 0 Å². The summed E-state index contributed by atoms with van der Waals surface area (Å²) in [6.45, 7) is 2.89. The number of hydrogen-bond acceptors (Lipinski definition) is 2. The van der Waals surface area contributed by atoms with Gasteiger partial charge in [0.1, 0.15) is 0 Å². The average Bonchev–Trinajstić information content (AvgIpc) is 3.12. The summed E-state index contributed by atoms with van der Waals surface area (Å²) in [6, 6.07) is 7.75. The molecule has 2 N–H and O–H groups in total. The second-order valence-electron chi connectivity index (χ2n) is 5.97. The van der Waals surface area contributed by atoms with E-state index in [-0.39, 0.29) is 18.1 Å². The van der Waals surface area contributed by atoms with Crippen LogP contribution in [0.2, 0.25) is 0 Å². The fourth-order valence-electron chi connectivity index (χ4n) is 3.56. The molecule has 1 fully saturated rings. The summed E-state index contributed by atoms with van der Waals surface area (Å²) >= 11 is 0. The molecule has 1 unspecified atom stereocenters. The molecule has 1 atom stereocenters. The van der Waals surface area contributed by atoms with Gasteiger partial charge >= 0.3 is 0 Å². The number of nitrogens with zero attached hydrogens (tertiary/aromatic N) is 1. The van der Waals surface area contributed by atoms with Crippen LogP contribution in [0.15, 0.2) is 30.5 Å². The molecule has 0 spiro atoms. The smallest absolute Gasteiger partial charge is 0.254 e. The number of carbonyl (C=O) groups is 1. The van der Waals surface area contributed by atoms with E-state index in [0.717, 1.165) is 43.1 Å². The van der Waals surface area contributed by atoms with E-state index >= 15 is 0 Å². The van der Waals surface area contributed by atoms with Crippen molar-refractivity contribution in [1.29, 1.82) is 0 Å². The van der Waals surface area contributed by atoms with Crippen LogP contribution in [0.5, 0.6) is 0 Å². The standard InChI is InChI=1S/C17H22N2O2/c1-2-7-17(12-20)8-3-10-19(17)16(21)14-5-4-13-6-9-18-15(13)11-14/h4-6,9,11,18,20H,2-3,7-8,10,12H2,1H3. The van der Waals surface area contributed by atoms with Crippen LogP contribution >= 0.6 is 0 Å². The van der Waals surface area contributed by atoms with Gasteiger partial charge in [-0.3, -0.25) is 4.79 Å². The first-order chi connectivity index (χ1) is 10.2. The molecule has 3 rings (SSSR count). The summed E-state index contributed by atoms with van der Waals surface area (Å²) in [5.74, 6) is 0.0338. The highest BCUT2D eigenvalue weighted by molar-refractivity contribution is 5.98. The lowest BCUT2D eigenvalue weighted by atomic mass is 9.91. The summed E-state index contributed by atoms with van der Waals surface area (Å²) in [4.78, 5) is 17.9. The fourth-order valence-corrected chi connectivity index (χ4v) is 3.56. The van der Waals surface area contributed by atoms with Crippen molar-refractivity contribution in [3.63, 3.8) is 0 Å². The van der Waals surface area contributed by atoms with Gasteiger partial charge in [0.05, 0.1) is 12.1 Å². The molecule has 0 saturated carbocycles. The van der Waals surface area contributed by atoms with Crippen molar-refractivity contribution in [2.75, 3.05) is 13.2 Å². The monoisotopic (exact) mass is 286 g/mol. The Kier molecular flexibility index (Phi) is 3.72. The predicted molar refractivity (Wildman–Crippen MR) is 83.3 cm³/mol. The lowest BCUT2D eigenvalue weighted by Crippen LogP contribution is -2.50. The topological polar surface area (TPSA) is 56.3 Å². The summed E-state index contributed by atoms with van der Waals surface area (Å²) in [5, 5.41) is 11.0. The number of fused-ring (bicyclic) bond motifs is 1. The highest BCUT2D eigenvalue weighted by atomic mass is 16.3. The van der Waals surface area contributed by atoms with E-state index in [2.05, 4.69) is 11.9 Å². The van der Waals surface area contributed by atoms with Gasteiger partial charge in [0, 0.05) is 23.8 Å². The molecule has 2 aromatic rings. The van der Waals surface area contributed by atoms with Gasteiger partial charge in [0.15, 0.2) is 0 Å². The first kappa shape index (κ1) is 14.1. The molecule has 0 radical (unpaired) electrons. The molecule has 0 aliphatic carbocycles. The average molecular weight is 286 g/mol. The molecule has 112 valence electrons. The number of H-pyrrole nitrogens is 1. The minimum absolute atomic E-state index is 0.0338. The van der Waals surface area contributed by atoms with Gasteiger partial charge in [0.25, 0.3) is 5.91 Å². The first-order valence-corrected chi connectivity index (χ1v) is 7.70. The molecule has 0 bridgehead atoms. The Hall–Kier alpha value is -1.81. The third-order valence-corrected chi connectivity index (χ3v) is 4.65. The summed E-state index contributed by atoms with van der Waals surface area (Å²) in [7, 11) is 0. The molecule has 4 heteroatoms. The Balaban J connectivity index is 1.92. The molecule has 1 aromatic heterocycles. The Morgan fingerprint density at radius 1 is 1.43 bits per heavy atom. The third-order valence-electron chi connectivity index (χ3n) is 4.65. The number of carbonyl (C=O) groups excluding carboxylic acids is 1. The molecule has 2 heterocycles. The molecule has 1 aromatic carbocycles. The number of hydrogen-bond donors (Lipinski definition) is 2. The van der Waals surface area contributed by atoms with Crippen molar-refractivity contribution in [3.8, 4) is 0 Å². The molecule has 4 nitrogen and oxygen atoms in total. The number of aliphatic hydroxyl groups excluding tert-OH is 1. The van der Waals surface area contributed by atoms with E-state index in [0.29, 0.717) is 5.56 Å². The normalized spacial score (nSPS) is 22.1. The first-order valence-electron chi connectivity index (χ1n) is 7.70. The lowest BCUT2D eigenvalue weighted by Gasteiger charge is -2.37. The van der Waals surface area contributed by atoms with E-state index in [1.807, 2.05) is 35.4 Å². The quantitative estimate of drug-likeness (QED) is 0.908. The van der Waals surface area contributed by atoms with Gasteiger partial charge in [-0.05, 0) is 42.8 Å². The molecular formula is C17H22N2O2. The van der Waals surface area contributed by atoms with Gasteiger partial charge in [-0.2, -0.15) is 0 Å². The van der Waals surface area contributed by atoms with Crippen LogP contribution in [0.25, 0.3) is 10.9 Å². The second kappa shape index (κ2) is 5.53. The number of aromatic amines is 1. The van der Waals surface area contributed by atoms with Crippen LogP contribution in [-0.2, 0) is 0 Å². The van der Waals surface area contributed by atoms with Gasteiger partial charge in [-0.25, -0.2) is 0 Å². The van der Waals surface area contributed by atoms with E-state index < -0.39 is 0 Å². The summed E-state index contributed by atoms with van der Waals surface area (Å²) < 4.78 is 0. The maximum Gasteiger partial charge on any atom is 0.254 e. The zero-order valence-electron chi connectivity index (χ0n) is 12.4. The second-order valence-corrected chi connectivity index (χ2v) is 5.97. The van der Waals surface area contributed by atoms with E-state index in [1.54, 1.807) is 0 Å². The molecular weight excluding hydrogens is 264 g/mol.